The van der Waals surface area contributed by atoms with E-state index in [-0.39, 0.29) is 24.5 Å². The maximum absolute atomic E-state index is 13.8. The first kappa shape index (κ1) is 21.9. The Morgan fingerprint density at radius 3 is 2.68 bits per heavy atom. The number of aliphatic hydroxyl groups is 1. The predicted molar refractivity (Wildman–Crippen MR) is 123 cm³/mol. The highest BCUT2D eigenvalue weighted by atomic mass is 19.2. The molecule has 4 aromatic rings. The summed E-state index contributed by atoms with van der Waals surface area (Å²) in [6.45, 7) is 0.305. The van der Waals surface area contributed by atoms with Gasteiger partial charge in [-0.25, -0.2) is 8.78 Å². The Morgan fingerprint density at radius 1 is 1.03 bits per heavy atom. The lowest BCUT2D eigenvalue weighted by Crippen LogP contribution is -2.39. The number of aliphatic hydroxyl groups excluding tert-OH is 1. The van der Waals surface area contributed by atoms with Crippen molar-refractivity contribution in [1.29, 1.82) is 0 Å². The van der Waals surface area contributed by atoms with Crippen molar-refractivity contribution in [2.45, 2.75) is 12.5 Å². The van der Waals surface area contributed by atoms with Gasteiger partial charge in [-0.15, -0.1) is 0 Å². The number of halogens is 2. The molecule has 1 aliphatic rings. The lowest BCUT2D eigenvalue weighted by Gasteiger charge is -2.23. The number of benzene rings is 3. The van der Waals surface area contributed by atoms with Crippen LogP contribution in [0.2, 0.25) is 0 Å². The number of carbonyl (C=O) groups is 1. The van der Waals surface area contributed by atoms with Crippen molar-refractivity contribution in [2.75, 3.05) is 19.8 Å². The van der Waals surface area contributed by atoms with Crippen LogP contribution in [0.15, 0.2) is 60.8 Å². The van der Waals surface area contributed by atoms with E-state index in [2.05, 4.69) is 10.3 Å². The summed E-state index contributed by atoms with van der Waals surface area (Å²) in [5.74, 6) is -1.79. The highest BCUT2D eigenvalue weighted by Crippen LogP contribution is 2.38. The van der Waals surface area contributed by atoms with Gasteiger partial charge < -0.3 is 24.9 Å². The van der Waals surface area contributed by atoms with Crippen LogP contribution in [0.1, 0.15) is 15.9 Å². The zero-order valence-corrected chi connectivity index (χ0v) is 18.1. The van der Waals surface area contributed by atoms with Crippen molar-refractivity contribution in [1.82, 2.24) is 10.3 Å². The standard InChI is InChI=1S/C26H22F2N2O4/c27-21-6-5-15(11-22(21)28)16-10-20(25-24(12-16)33-7-8-34-25)26(32)30-18(14-31)9-17-13-29-23-4-2-1-3-19(17)23/h1-6,10-13,18,29,31H,7-9,14H2,(H,30,32)/t18-/m1/s1. The van der Waals surface area contributed by atoms with E-state index in [0.29, 0.717) is 29.9 Å². The topological polar surface area (TPSA) is 83.6 Å². The van der Waals surface area contributed by atoms with E-state index in [0.717, 1.165) is 28.6 Å². The molecule has 2 heterocycles. The number of hydrogen-bond donors (Lipinski definition) is 3. The molecule has 0 spiro atoms. The third-order valence-corrected chi connectivity index (χ3v) is 5.84. The third-order valence-electron chi connectivity index (χ3n) is 5.84. The van der Waals surface area contributed by atoms with E-state index in [1.807, 2.05) is 30.5 Å². The summed E-state index contributed by atoms with van der Waals surface area (Å²) in [5, 5.41) is 13.8. The van der Waals surface area contributed by atoms with Crippen molar-refractivity contribution >= 4 is 16.8 Å². The molecular formula is C26H22F2N2O4. The Morgan fingerprint density at radius 2 is 1.85 bits per heavy atom. The molecule has 0 saturated carbocycles. The number of carbonyl (C=O) groups excluding carboxylic acids is 1. The van der Waals surface area contributed by atoms with Gasteiger partial charge >= 0.3 is 0 Å². The Balaban J connectivity index is 1.45. The molecule has 5 rings (SSSR count). The molecule has 1 amide bonds. The Bertz CT molecular complexity index is 1370. The number of nitrogens with one attached hydrogen (secondary N) is 2. The number of aromatic amines is 1. The van der Waals surface area contributed by atoms with E-state index in [9.17, 15) is 18.7 Å². The number of ether oxygens (including phenoxy) is 2. The Labute approximate surface area is 194 Å². The first-order chi connectivity index (χ1) is 16.5. The molecule has 6 nitrogen and oxygen atoms in total. The monoisotopic (exact) mass is 464 g/mol. The molecular weight excluding hydrogens is 442 g/mol. The number of hydrogen-bond acceptors (Lipinski definition) is 4. The van der Waals surface area contributed by atoms with Gasteiger partial charge in [-0.3, -0.25) is 4.79 Å². The van der Waals surface area contributed by atoms with Gasteiger partial charge in [-0.1, -0.05) is 24.3 Å². The second-order valence-electron chi connectivity index (χ2n) is 8.09. The molecule has 174 valence electrons. The fraction of sp³-hybridized carbons (Fsp3) is 0.192. The maximum atomic E-state index is 13.8. The zero-order valence-electron chi connectivity index (χ0n) is 18.1. The number of aromatic nitrogens is 1. The average molecular weight is 464 g/mol. The van der Waals surface area contributed by atoms with Gasteiger partial charge in [0.1, 0.15) is 13.2 Å². The maximum Gasteiger partial charge on any atom is 0.255 e. The van der Waals surface area contributed by atoms with Crippen molar-refractivity contribution in [3.05, 3.63) is 83.6 Å². The minimum atomic E-state index is -0.988. The van der Waals surface area contributed by atoms with Crippen molar-refractivity contribution in [3.8, 4) is 22.6 Å². The van der Waals surface area contributed by atoms with Gasteiger partial charge in [0.05, 0.1) is 18.2 Å². The van der Waals surface area contributed by atoms with E-state index in [1.165, 1.54) is 6.07 Å². The molecule has 1 aliphatic heterocycles. The number of para-hydroxylation sites is 1. The van der Waals surface area contributed by atoms with Crippen LogP contribution in [0.3, 0.4) is 0 Å². The van der Waals surface area contributed by atoms with Crippen LogP contribution in [0.5, 0.6) is 11.5 Å². The second kappa shape index (κ2) is 9.15. The molecule has 8 heteroatoms. The molecule has 0 aliphatic carbocycles. The molecule has 0 saturated heterocycles. The van der Waals surface area contributed by atoms with Gasteiger partial charge in [0.2, 0.25) is 0 Å². The van der Waals surface area contributed by atoms with Gasteiger partial charge in [0, 0.05) is 17.1 Å². The molecule has 0 bridgehead atoms. The summed E-state index contributed by atoms with van der Waals surface area (Å²) in [6.07, 6.45) is 2.27. The minimum absolute atomic E-state index is 0.189. The summed E-state index contributed by atoms with van der Waals surface area (Å²) in [5.41, 5.74) is 2.99. The van der Waals surface area contributed by atoms with Gasteiger partial charge in [0.25, 0.3) is 5.91 Å². The molecule has 0 unspecified atom stereocenters. The fourth-order valence-electron chi connectivity index (χ4n) is 4.16. The lowest BCUT2D eigenvalue weighted by molar-refractivity contribution is 0.0906. The highest BCUT2D eigenvalue weighted by molar-refractivity contribution is 5.99. The summed E-state index contributed by atoms with van der Waals surface area (Å²) >= 11 is 0. The summed E-state index contributed by atoms with van der Waals surface area (Å²) < 4.78 is 38.6. The van der Waals surface area contributed by atoms with Crippen molar-refractivity contribution < 1.29 is 28.2 Å². The van der Waals surface area contributed by atoms with E-state index in [4.69, 9.17) is 9.47 Å². The van der Waals surface area contributed by atoms with Crippen LogP contribution < -0.4 is 14.8 Å². The lowest BCUT2D eigenvalue weighted by atomic mass is 10.00. The summed E-state index contributed by atoms with van der Waals surface area (Å²) in [4.78, 5) is 16.5. The fourth-order valence-corrected chi connectivity index (χ4v) is 4.16. The van der Waals surface area contributed by atoms with E-state index < -0.39 is 23.6 Å². The predicted octanol–water partition coefficient (Wildman–Crippen LogP) is 4.22. The molecule has 0 radical (unpaired) electrons. The molecule has 3 aromatic carbocycles. The van der Waals surface area contributed by atoms with E-state index in [1.54, 1.807) is 12.1 Å². The Kier molecular flexibility index (Phi) is 5.90. The summed E-state index contributed by atoms with van der Waals surface area (Å²) in [7, 11) is 0. The van der Waals surface area contributed by atoms with Crippen LogP contribution in [0, 0.1) is 11.6 Å². The van der Waals surface area contributed by atoms with Crippen molar-refractivity contribution in [2.24, 2.45) is 0 Å². The van der Waals surface area contributed by atoms with Gasteiger partial charge in [0.15, 0.2) is 23.1 Å². The van der Waals surface area contributed by atoms with Crippen LogP contribution in [-0.2, 0) is 6.42 Å². The van der Waals surface area contributed by atoms with Crippen LogP contribution in [0.4, 0.5) is 8.78 Å². The third kappa shape index (κ3) is 4.20. The van der Waals surface area contributed by atoms with Crippen LogP contribution >= 0.6 is 0 Å². The molecule has 1 atom stereocenters. The summed E-state index contributed by atoms with van der Waals surface area (Å²) in [6, 6.07) is 13.9. The highest BCUT2D eigenvalue weighted by Gasteiger charge is 2.25. The van der Waals surface area contributed by atoms with E-state index >= 15 is 0 Å². The normalized spacial score (nSPS) is 13.6. The SMILES string of the molecule is O=C(N[C@@H](CO)Cc1c[nH]c2ccccc12)c1cc(-c2ccc(F)c(F)c2)cc2c1OCCO2. The van der Waals surface area contributed by atoms with Crippen molar-refractivity contribution in [3.63, 3.8) is 0 Å². The largest absolute Gasteiger partial charge is 0.486 e. The number of fused-ring (bicyclic) bond motifs is 2. The van der Waals surface area contributed by atoms with Gasteiger partial charge in [-0.05, 0) is 53.4 Å². The zero-order chi connectivity index (χ0) is 23.7. The molecule has 34 heavy (non-hydrogen) atoms. The number of H-pyrrole nitrogens is 1. The smallest absolute Gasteiger partial charge is 0.255 e. The molecule has 1 aromatic heterocycles. The van der Waals surface area contributed by atoms with Crippen LogP contribution in [-0.4, -0.2) is 41.9 Å². The number of rotatable bonds is 6. The van der Waals surface area contributed by atoms with Crippen LogP contribution in [0.25, 0.3) is 22.0 Å². The van der Waals surface area contributed by atoms with Gasteiger partial charge in [-0.2, -0.15) is 0 Å². The quantitative estimate of drug-likeness (QED) is 0.399. The molecule has 3 N–H and O–H groups in total. The number of amides is 1. The minimum Gasteiger partial charge on any atom is -0.486 e. The first-order valence-corrected chi connectivity index (χ1v) is 10.9. The Hall–Kier alpha value is -3.91. The second-order valence-corrected chi connectivity index (χ2v) is 8.09. The molecule has 0 fully saturated rings. The average Bonchev–Trinajstić information content (AvgIpc) is 3.27. The first-order valence-electron chi connectivity index (χ1n) is 10.9.